The Balaban J connectivity index is 1.44. The Labute approximate surface area is 141 Å². The minimum atomic E-state index is -4.73. The van der Waals surface area contributed by atoms with Crippen LogP contribution in [0.2, 0.25) is 0 Å². The van der Waals surface area contributed by atoms with Crippen molar-refractivity contribution < 1.29 is 18.0 Å². The zero-order valence-corrected chi connectivity index (χ0v) is 13.1. The van der Waals surface area contributed by atoms with Crippen LogP contribution < -0.4 is 10.9 Å². The van der Waals surface area contributed by atoms with E-state index in [0.717, 1.165) is 23.1 Å². The van der Waals surface area contributed by atoms with E-state index in [4.69, 9.17) is 0 Å². The van der Waals surface area contributed by atoms with Crippen molar-refractivity contribution in [1.82, 2.24) is 9.88 Å². The number of carbonyl (C=O) groups excluding carboxylic acids is 1. The number of alkyl halides is 3. The molecule has 0 saturated heterocycles. The van der Waals surface area contributed by atoms with Gasteiger partial charge in [0, 0.05) is 18.2 Å². The van der Waals surface area contributed by atoms with Gasteiger partial charge in [-0.25, -0.2) is 0 Å². The molecule has 1 amide bonds. The number of nitrogens with one attached hydrogen (secondary N) is 1. The fourth-order valence-corrected chi connectivity index (χ4v) is 3.81. The molecule has 1 N–H and O–H groups in total. The molecule has 1 aromatic carbocycles. The molecule has 0 aliphatic heterocycles. The number of amides is 1. The van der Waals surface area contributed by atoms with Crippen molar-refractivity contribution in [2.75, 3.05) is 0 Å². The molecule has 0 unspecified atom stereocenters. The maximum absolute atomic E-state index is 12.8. The Kier molecular flexibility index (Phi) is 3.49. The van der Waals surface area contributed by atoms with Gasteiger partial charge in [-0.3, -0.25) is 9.59 Å². The molecule has 4 nitrogen and oxygen atoms in total. The summed E-state index contributed by atoms with van der Waals surface area (Å²) in [5, 5.41) is 2.85. The summed E-state index contributed by atoms with van der Waals surface area (Å²) in [5.41, 5.74) is 0.0534. The normalized spacial score (nSPS) is 23.7. The standard InChI is InChI=1S/C18H15F3N2O2/c19-18(20,21)13-6-3-7-23(17(13)25)9-14(24)22-16-12-8-10-4-1-2-5-11(10)15(12)16/h1-7,12,15-16H,8-9H2,(H,22,24)/t12-,15+,16+/m0/s1. The van der Waals surface area contributed by atoms with Crippen LogP contribution in [0.1, 0.15) is 22.6 Å². The Hall–Kier alpha value is -2.57. The zero-order valence-electron chi connectivity index (χ0n) is 13.1. The molecule has 2 aromatic rings. The lowest BCUT2D eigenvalue weighted by Gasteiger charge is -2.12. The molecule has 1 aromatic heterocycles. The first-order valence-corrected chi connectivity index (χ1v) is 8.00. The summed E-state index contributed by atoms with van der Waals surface area (Å²) in [7, 11) is 0. The molecule has 25 heavy (non-hydrogen) atoms. The SMILES string of the molecule is O=C(Cn1cccc(C(F)(F)F)c1=O)N[C@@H]1[C@H]2Cc3ccccc3[C@H]21. The van der Waals surface area contributed by atoms with Gasteiger partial charge < -0.3 is 9.88 Å². The van der Waals surface area contributed by atoms with Gasteiger partial charge in [0.25, 0.3) is 5.56 Å². The van der Waals surface area contributed by atoms with Crippen LogP contribution in [0, 0.1) is 5.92 Å². The third-order valence-electron chi connectivity index (χ3n) is 5.01. The summed E-state index contributed by atoms with van der Waals surface area (Å²) < 4.78 is 39.1. The third kappa shape index (κ3) is 2.73. The zero-order chi connectivity index (χ0) is 17.8. The predicted octanol–water partition coefficient (Wildman–Crippen LogP) is 2.32. The quantitative estimate of drug-likeness (QED) is 0.926. The van der Waals surface area contributed by atoms with E-state index in [1.165, 1.54) is 17.3 Å². The van der Waals surface area contributed by atoms with Gasteiger partial charge >= 0.3 is 6.18 Å². The monoisotopic (exact) mass is 348 g/mol. The average molecular weight is 348 g/mol. The van der Waals surface area contributed by atoms with Gasteiger partial charge in [-0.15, -0.1) is 0 Å². The first kappa shape index (κ1) is 15.9. The fraction of sp³-hybridized carbons (Fsp3) is 0.333. The van der Waals surface area contributed by atoms with Crippen LogP contribution in [-0.4, -0.2) is 16.5 Å². The molecule has 0 spiro atoms. The van der Waals surface area contributed by atoms with E-state index >= 15 is 0 Å². The molecule has 4 rings (SSSR count). The summed E-state index contributed by atoms with van der Waals surface area (Å²) in [4.78, 5) is 24.0. The number of carbonyl (C=O) groups is 1. The Bertz CT molecular complexity index is 904. The van der Waals surface area contributed by atoms with Crippen LogP contribution >= 0.6 is 0 Å². The highest BCUT2D eigenvalue weighted by molar-refractivity contribution is 5.77. The second-order valence-corrected chi connectivity index (χ2v) is 6.54. The molecule has 1 heterocycles. The van der Waals surface area contributed by atoms with Crippen molar-refractivity contribution in [3.8, 4) is 0 Å². The molecule has 0 bridgehead atoms. The molecule has 1 fully saturated rings. The first-order valence-electron chi connectivity index (χ1n) is 8.00. The van der Waals surface area contributed by atoms with E-state index in [9.17, 15) is 22.8 Å². The molecule has 1 saturated carbocycles. The lowest BCUT2D eigenvalue weighted by Crippen LogP contribution is -2.36. The van der Waals surface area contributed by atoms with E-state index in [1.807, 2.05) is 18.2 Å². The molecular weight excluding hydrogens is 333 g/mol. The lowest BCUT2D eigenvalue weighted by atomic mass is 10.1. The topological polar surface area (TPSA) is 51.1 Å². The predicted molar refractivity (Wildman–Crippen MR) is 84.0 cm³/mol. The maximum Gasteiger partial charge on any atom is 0.421 e. The molecule has 2 aliphatic rings. The minimum Gasteiger partial charge on any atom is -0.351 e. The van der Waals surface area contributed by atoms with Gasteiger partial charge in [-0.2, -0.15) is 13.2 Å². The Morgan fingerprint density at radius 3 is 2.72 bits per heavy atom. The van der Waals surface area contributed by atoms with Crippen molar-refractivity contribution in [2.45, 2.75) is 31.1 Å². The van der Waals surface area contributed by atoms with E-state index in [0.29, 0.717) is 5.92 Å². The number of benzene rings is 1. The smallest absolute Gasteiger partial charge is 0.351 e. The molecular formula is C18H15F3N2O2. The van der Waals surface area contributed by atoms with E-state index in [2.05, 4.69) is 11.4 Å². The minimum absolute atomic E-state index is 0.00361. The largest absolute Gasteiger partial charge is 0.421 e. The van der Waals surface area contributed by atoms with E-state index in [1.54, 1.807) is 0 Å². The summed E-state index contributed by atoms with van der Waals surface area (Å²) >= 11 is 0. The number of pyridine rings is 1. The fourth-order valence-electron chi connectivity index (χ4n) is 3.81. The van der Waals surface area contributed by atoms with Gasteiger partial charge in [0.05, 0.1) is 0 Å². The Morgan fingerprint density at radius 1 is 1.20 bits per heavy atom. The Morgan fingerprint density at radius 2 is 1.96 bits per heavy atom. The summed E-state index contributed by atoms with van der Waals surface area (Å²) in [6.45, 7) is -0.416. The van der Waals surface area contributed by atoms with E-state index in [-0.39, 0.29) is 12.0 Å². The van der Waals surface area contributed by atoms with Gasteiger partial charge in [0.1, 0.15) is 12.1 Å². The highest BCUT2D eigenvalue weighted by Gasteiger charge is 2.56. The van der Waals surface area contributed by atoms with Gasteiger partial charge in [-0.1, -0.05) is 24.3 Å². The first-order chi connectivity index (χ1) is 11.9. The number of halogens is 3. The van der Waals surface area contributed by atoms with Crippen LogP contribution in [0.15, 0.2) is 47.4 Å². The van der Waals surface area contributed by atoms with E-state index < -0.39 is 29.8 Å². The van der Waals surface area contributed by atoms with Crippen molar-refractivity contribution in [3.63, 3.8) is 0 Å². The second-order valence-electron chi connectivity index (χ2n) is 6.54. The summed E-state index contributed by atoms with van der Waals surface area (Å²) in [5.74, 6) is 0.177. The van der Waals surface area contributed by atoms with Gasteiger partial charge in [0.2, 0.25) is 5.91 Å². The van der Waals surface area contributed by atoms with Crippen LogP contribution in [0.4, 0.5) is 13.2 Å². The van der Waals surface area contributed by atoms with Crippen LogP contribution in [0.5, 0.6) is 0 Å². The molecule has 2 aliphatic carbocycles. The van der Waals surface area contributed by atoms with Crippen LogP contribution in [0.3, 0.4) is 0 Å². The number of hydrogen-bond donors (Lipinski definition) is 1. The number of fused-ring (bicyclic) bond motifs is 3. The number of nitrogens with zero attached hydrogens (tertiary/aromatic N) is 1. The number of aromatic nitrogens is 1. The molecule has 7 heteroatoms. The molecule has 130 valence electrons. The van der Waals surface area contributed by atoms with Crippen molar-refractivity contribution >= 4 is 5.91 Å². The second kappa shape index (κ2) is 5.47. The third-order valence-corrected chi connectivity index (χ3v) is 5.01. The summed E-state index contributed by atoms with van der Waals surface area (Å²) in [6, 6.07) is 9.91. The van der Waals surface area contributed by atoms with Gasteiger partial charge in [-0.05, 0) is 35.6 Å². The number of hydrogen-bond acceptors (Lipinski definition) is 2. The van der Waals surface area contributed by atoms with Crippen molar-refractivity contribution in [1.29, 1.82) is 0 Å². The average Bonchev–Trinajstić information content (AvgIpc) is 3.05. The molecule has 0 radical (unpaired) electrons. The highest BCUT2D eigenvalue weighted by atomic mass is 19.4. The summed E-state index contributed by atoms with van der Waals surface area (Å²) in [6.07, 6.45) is -2.64. The van der Waals surface area contributed by atoms with Gasteiger partial charge in [0.15, 0.2) is 0 Å². The van der Waals surface area contributed by atoms with Crippen LogP contribution in [0.25, 0.3) is 0 Å². The lowest BCUT2D eigenvalue weighted by molar-refractivity contribution is -0.139. The van der Waals surface area contributed by atoms with Crippen molar-refractivity contribution in [3.05, 3.63) is 69.6 Å². The molecule has 3 atom stereocenters. The van der Waals surface area contributed by atoms with Crippen molar-refractivity contribution in [2.24, 2.45) is 5.92 Å². The maximum atomic E-state index is 12.8. The van der Waals surface area contributed by atoms with Crippen LogP contribution in [-0.2, 0) is 23.9 Å². The highest BCUT2D eigenvalue weighted by Crippen LogP contribution is 2.56. The number of rotatable bonds is 3.